The highest BCUT2D eigenvalue weighted by atomic mass is 35.5. The van der Waals surface area contributed by atoms with Crippen LogP contribution in [0.2, 0.25) is 5.02 Å². The zero-order valence-corrected chi connectivity index (χ0v) is 13.7. The van der Waals surface area contributed by atoms with E-state index < -0.39 is 0 Å². The molecular weight excluding hydrogens is 298 g/mol. The topological polar surface area (TPSA) is 29.5 Å². The highest BCUT2D eigenvalue weighted by Crippen LogP contribution is 2.16. The Morgan fingerprint density at radius 3 is 2.32 bits per heavy atom. The molecule has 1 atom stereocenters. The summed E-state index contributed by atoms with van der Waals surface area (Å²) < 4.78 is 6.53. The molecule has 0 aliphatic rings. The molecule has 0 unspecified atom stereocenters. The standard InChI is InChI=1S/C18H23ClNO2/c1-20(11-13-21,15-16-5-3-2-4-6-16)12-14-22-18-9-7-17(19)8-10-18/h2-10,21H,11-15H2,1H3/q+1/t20-/m0/s1. The number of benzene rings is 2. The molecule has 2 aromatic carbocycles. The van der Waals surface area contributed by atoms with Crippen molar-refractivity contribution in [3.63, 3.8) is 0 Å². The van der Waals surface area contributed by atoms with E-state index in [1.54, 1.807) is 0 Å². The summed E-state index contributed by atoms with van der Waals surface area (Å²) in [5, 5.41) is 10.1. The van der Waals surface area contributed by atoms with Crippen LogP contribution in [0, 0.1) is 0 Å². The van der Waals surface area contributed by atoms with Crippen LogP contribution in [0.15, 0.2) is 54.6 Å². The lowest BCUT2D eigenvalue weighted by Crippen LogP contribution is -2.47. The molecule has 0 aliphatic heterocycles. The maximum atomic E-state index is 9.36. The van der Waals surface area contributed by atoms with Gasteiger partial charge in [0, 0.05) is 10.6 Å². The van der Waals surface area contributed by atoms with Gasteiger partial charge in [0.1, 0.15) is 32.0 Å². The van der Waals surface area contributed by atoms with E-state index in [2.05, 4.69) is 19.2 Å². The highest BCUT2D eigenvalue weighted by molar-refractivity contribution is 6.30. The predicted octanol–water partition coefficient (Wildman–Crippen LogP) is 3.36. The fraction of sp³-hybridized carbons (Fsp3) is 0.333. The lowest BCUT2D eigenvalue weighted by Gasteiger charge is -2.34. The van der Waals surface area contributed by atoms with Crippen molar-refractivity contribution in [1.29, 1.82) is 0 Å². The fourth-order valence-electron chi connectivity index (χ4n) is 2.45. The van der Waals surface area contributed by atoms with Gasteiger partial charge in [-0.3, -0.25) is 0 Å². The molecule has 2 rings (SSSR count). The molecule has 0 aromatic heterocycles. The Hall–Kier alpha value is -1.55. The molecule has 3 nitrogen and oxygen atoms in total. The van der Waals surface area contributed by atoms with Crippen LogP contribution in [0.4, 0.5) is 0 Å². The van der Waals surface area contributed by atoms with Crippen LogP contribution >= 0.6 is 11.6 Å². The summed E-state index contributed by atoms with van der Waals surface area (Å²) in [5.74, 6) is 0.819. The van der Waals surface area contributed by atoms with E-state index in [4.69, 9.17) is 16.3 Å². The molecule has 0 spiro atoms. The van der Waals surface area contributed by atoms with Crippen molar-refractivity contribution in [3.05, 3.63) is 65.2 Å². The first-order valence-electron chi connectivity index (χ1n) is 7.48. The number of aliphatic hydroxyl groups is 1. The second-order valence-electron chi connectivity index (χ2n) is 5.74. The van der Waals surface area contributed by atoms with Gasteiger partial charge in [-0.25, -0.2) is 0 Å². The minimum Gasteiger partial charge on any atom is -0.488 e. The molecule has 22 heavy (non-hydrogen) atoms. The quantitative estimate of drug-likeness (QED) is 0.756. The summed E-state index contributed by atoms with van der Waals surface area (Å²) in [7, 11) is 2.15. The SMILES string of the molecule is C[N@+](CCO)(CCOc1ccc(Cl)cc1)Cc1ccccc1. The van der Waals surface area contributed by atoms with Crippen molar-refractivity contribution in [1.82, 2.24) is 0 Å². The predicted molar refractivity (Wildman–Crippen MR) is 90.1 cm³/mol. The Morgan fingerprint density at radius 1 is 1.00 bits per heavy atom. The number of hydrogen-bond donors (Lipinski definition) is 1. The highest BCUT2D eigenvalue weighted by Gasteiger charge is 2.21. The Labute approximate surface area is 137 Å². The van der Waals surface area contributed by atoms with Crippen LogP contribution in [0.5, 0.6) is 5.75 Å². The van der Waals surface area contributed by atoms with Gasteiger partial charge in [-0.15, -0.1) is 0 Å². The first kappa shape index (κ1) is 16.8. The number of likely N-dealkylation sites (N-methyl/N-ethyl adjacent to an activating group) is 1. The molecule has 0 bridgehead atoms. The van der Waals surface area contributed by atoms with Gasteiger partial charge >= 0.3 is 0 Å². The number of aliphatic hydroxyl groups excluding tert-OH is 1. The average molecular weight is 321 g/mol. The lowest BCUT2D eigenvalue weighted by molar-refractivity contribution is -0.922. The van der Waals surface area contributed by atoms with E-state index in [0.717, 1.165) is 23.3 Å². The van der Waals surface area contributed by atoms with E-state index in [1.165, 1.54) is 5.56 Å². The first-order chi connectivity index (χ1) is 10.6. The second kappa shape index (κ2) is 8.18. The molecule has 0 amide bonds. The second-order valence-corrected chi connectivity index (χ2v) is 6.17. The molecule has 0 radical (unpaired) electrons. The van der Waals surface area contributed by atoms with Crippen molar-refractivity contribution >= 4 is 11.6 Å². The Bertz CT molecular complexity index is 559. The van der Waals surface area contributed by atoms with Crippen LogP contribution in [0.1, 0.15) is 5.56 Å². The number of ether oxygens (including phenoxy) is 1. The largest absolute Gasteiger partial charge is 0.488 e. The summed E-state index contributed by atoms with van der Waals surface area (Å²) in [5.41, 5.74) is 1.27. The number of quaternary nitrogens is 1. The zero-order valence-electron chi connectivity index (χ0n) is 12.9. The van der Waals surface area contributed by atoms with Gasteiger partial charge in [-0.1, -0.05) is 41.9 Å². The normalized spacial score (nSPS) is 13.6. The van der Waals surface area contributed by atoms with Crippen molar-refractivity contribution in [2.45, 2.75) is 6.54 Å². The van der Waals surface area contributed by atoms with E-state index in [0.29, 0.717) is 18.2 Å². The van der Waals surface area contributed by atoms with Gasteiger partial charge in [0.2, 0.25) is 0 Å². The van der Waals surface area contributed by atoms with Crippen LogP contribution in [0.3, 0.4) is 0 Å². The molecule has 118 valence electrons. The Morgan fingerprint density at radius 2 is 1.68 bits per heavy atom. The monoisotopic (exact) mass is 320 g/mol. The molecule has 2 aromatic rings. The smallest absolute Gasteiger partial charge is 0.137 e. The van der Waals surface area contributed by atoms with E-state index >= 15 is 0 Å². The van der Waals surface area contributed by atoms with Gasteiger partial charge in [0.05, 0.1) is 13.7 Å². The third kappa shape index (κ3) is 5.34. The number of nitrogens with zero attached hydrogens (tertiary/aromatic N) is 1. The van der Waals surface area contributed by atoms with Gasteiger partial charge in [-0.2, -0.15) is 0 Å². The molecule has 0 saturated carbocycles. The summed E-state index contributed by atoms with van der Waals surface area (Å²) in [6.07, 6.45) is 0. The van der Waals surface area contributed by atoms with E-state index in [-0.39, 0.29) is 6.61 Å². The summed E-state index contributed by atoms with van der Waals surface area (Å²) in [6, 6.07) is 17.7. The lowest BCUT2D eigenvalue weighted by atomic mass is 10.2. The van der Waals surface area contributed by atoms with Crippen molar-refractivity contribution < 1.29 is 14.3 Å². The molecule has 4 heteroatoms. The minimum atomic E-state index is 0.171. The molecular formula is C18H23ClNO2+. The molecule has 0 aliphatic carbocycles. The fourth-order valence-corrected chi connectivity index (χ4v) is 2.58. The summed E-state index contributed by atoms with van der Waals surface area (Å²) >= 11 is 5.86. The number of halogens is 1. The maximum Gasteiger partial charge on any atom is 0.137 e. The third-order valence-corrected chi connectivity index (χ3v) is 4.01. The average Bonchev–Trinajstić information content (AvgIpc) is 2.50. The van der Waals surface area contributed by atoms with Gasteiger partial charge < -0.3 is 14.3 Å². The van der Waals surface area contributed by atoms with Crippen LogP contribution < -0.4 is 4.74 Å². The first-order valence-corrected chi connectivity index (χ1v) is 7.86. The summed E-state index contributed by atoms with van der Waals surface area (Å²) in [4.78, 5) is 0. The van der Waals surface area contributed by atoms with Crippen molar-refractivity contribution in [2.24, 2.45) is 0 Å². The number of hydrogen-bond acceptors (Lipinski definition) is 2. The number of rotatable bonds is 8. The molecule has 1 N–H and O–H groups in total. The van der Waals surface area contributed by atoms with Gasteiger partial charge in [0.15, 0.2) is 0 Å². The van der Waals surface area contributed by atoms with Crippen molar-refractivity contribution in [2.75, 3.05) is 33.4 Å². The summed E-state index contributed by atoms with van der Waals surface area (Å²) in [6.45, 7) is 3.19. The van der Waals surface area contributed by atoms with Crippen molar-refractivity contribution in [3.8, 4) is 5.75 Å². The molecule has 0 saturated heterocycles. The van der Waals surface area contributed by atoms with E-state index in [9.17, 15) is 5.11 Å². The Kier molecular flexibility index (Phi) is 6.25. The third-order valence-electron chi connectivity index (χ3n) is 3.76. The Balaban J connectivity index is 1.91. The van der Waals surface area contributed by atoms with Crippen LogP contribution in [-0.2, 0) is 6.54 Å². The van der Waals surface area contributed by atoms with Gasteiger partial charge in [0.25, 0.3) is 0 Å². The van der Waals surface area contributed by atoms with Crippen LogP contribution in [0.25, 0.3) is 0 Å². The molecule has 0 fully saturated rings. The van der Waals surface area contributed by atoms with Crippen LogP contribution in [-0.4, -0.2) is 42.9 Å². The zero-order chi connectivity index (χ0) is 15.8. The van der Waals surface area contributed by atoms with Gasteiger partial charge in [-0.05, 0) is 24.3 Å². The van der Waals surface area contributed by atoms with E-state index in [1.807, 2.05) is 42.5 Å². The maximum absolute atomic E-state index is 9.36. The minimum absolute atomic E-state index is 0.171. The molecule has 0 heterocycles.